The topological polar surface area (TPSA) is 38.1 Å². The highest BCUT2D eigenvalue weighted by molar-refractivity contribution is 9.10. The molecule has 116 valence electrons. The molecule has 4 nitrogen and oxygen atoms in total. The maximum Gasteiger partial charge on any atom is 0.293 e. The van der Waals surface area contributed by atoms with E-state index >= 15 is 0 Å². The molecule has 22 heavy (non-hydrogen) atoms. The predicted octanol–water partition coefficient (Wildman–Crippen LogP) is 2.75. The van der Waals surface area contributed by atoms with Gasteiger partial charge in [0.15, 0.2) is 5.82 Å². The Hall–Kier alpha value is -1.34. The second kappa shape index (κ2) is 6.83. The van der Waals surface area contributed by atoms with E-state index in [0.717, 1.165) is 30.2 Å². The van der Waals surface area contributed by atoms with E-state index < -0.39 is 0 Å². The highest BCUT2D eigenvalue weighted by atomic mass is 79.9. The number of rotatable bonds is 3. The van der Waals surface area contributed by atoms with Crippen LogP contribution in [0.1, 0.15) is 5.56 Å². The number of anilines is 1. The third-order valence-corrected chi connectivity index (χ3v) is 4.83. The normalized spacial score (nSPS) is 15.1. The molecule has 1 aromatic carbocycles. The van der Waals surface area contributed by atoms with E-state index in [1.807, 2.05) is 16.7 Å². The van der Waals surface area contributed by atoms with Crippen molar-refractivity contribution in [3.05, 3.63) is 56.8 Å². The molecule has 2 heterocycles. The van der Waals surface area contributed by atoms with Crippen LogP contribution in [-0.2, 0) is 6.54 Å². The Morgan fingerprint density at radius 2 is 1.91 bits per heavy atom. The van der Waals surface area contributed by atoms with Crippen molar-refractivity contribution < 1.29 is 4.39 Å². The zero-order valence-corrected chi connectivity index (χ0v) is 14.2. The van der Waals surface area contributed by atoms with E-state index in [4.69, 9.17) is 0 Å². The maximum atomic E-state index is 13.0. The lowest BCUT2D eigenvalue weighted by Gasteiger charge is -2.27. The third-order valence-electron chi connectivity index (χ3n) is 3.50. The fourth-order valence-corrected chi connectivity index (χ4v) is 3.70. The standard InChI is InChI=1S/C15H15BrFN3OS/c16-13-10-20(9-11-1-3-12(17)4-2-11)15(21)14(18-13)19-5-7-22-8-6-19/h1-4,10H,5-9H2. The molecule has 0 atom stereocenters. The molecule has 1 saturated heterocycles. The lowest BCUT2D eigenvalue weighted by Crippen LogP contribution is -2.39. The summed E-state index contributed by atoms with van der Waals surface area (Å²) in [5.41, 5.74) is 0.765. The lowest BCUT2D eigenvalue weighted by atomic mass is 10.2. The van der Waals surface area contributed by atoms with Crippen molar-refractivity contribution >= 4 is 33.5 Å². The SMILES string of the molecule is O=c1c(N2CCSCC2)nc(Br)cn1Cc1ccc(F)cc1. The number of nitrogens with zero attached hydrogens (tertiary/aromatic N) is 3. The fourth-order valence-electron chi connectivity index (χ4n) is 2.38. The predicted molar refractivity (Wildman–Crippen MR) is 91.2 cm³/mol. The van der Waals surface area contributed by atoms with Crippen LogP contribution < -0.4 is 10.5 Å². The van der Waals surface area contributed by atoms with E-state index in [1.165, 1.54) is 12.1 Å². The molecule has 0 amide bonds. The smallest absolute Gasteiger partial charge is 0.293 e. The van der Waals surface area contributed by atoms with Crippen LogP contribution in [0.25, 0.3) is 0 Å². The Morgan fingerprint density at radius 1 is 1.23 bits per heavy atom. The number of thioether (sulfide) groups is 1. The Bertz CT molecular complexity index is 714. The monoisotopic (exact) mass is 383 g/mol. The molecule has 0 saturated carbocycles. The van der Waals surface area contributed by atoms with E-state index in [9.17, 15) is 9.18 Å². The Balaban J connectivity index is 1.92. The van der Waals surface area contributed by atoms with Gasteiger partial charge in [-0.3, -0.25) is 4.79 Å². The van der Waals surface area contributed by atoms with Gasteiger partial charge in [0.05, 0.1) is 6.54 Å². The maximum absolute atomic E-state index is 13.0. The minimum absolute atomic E-state index is 0.112. The van der Waals surface area contributed by atoms with Gasteiger partial charge in [-0.15, -0.1) is 0 Å². The summed E-state index contributed by atoms with van der Waals surface area (Å²) in [4.78, 5) is 19.0. The molecular formula is C15H15BrFN3OS. The van der Waals surface area contributed by atoms with Crippen LogP contribution in [0, 0.1) is 5.82 Å². The van der Waals surface area contributed by atoms with Gasteiger partial charge >= 0.3 is 0 Å². The van der Waals surface area contributed by atoms with Gasteiger partial charge in [-0.2, -0.15) is 11.8 Å². The van der Waals surface area contributed by atoms with Crippen molar-refractivity contribution in [2.45, 2.75) is 6.54 Å². The molecule has 7 heteroatoms. The average Bonchev–Trinajstić information content (AvgIpc) is 2.53. The van der Waals surface area contributed by atoms with Gasteiger partial charge in [-0.25, -0.2) is 9.37 Å². The van der Waals surface area contributed by atoms with Gasteiger partial charge in [0.2, 0.25) is 0 Å². The summed E-state index contributed by atoms with van der Waals surface area (Å²) in [6.45, 7) is 2.07. The van der Waals surface area contributed by atoms with Gasteiger partial charge < -0.3 is 9.47 Å². The van der Waals surface area contributed by atoms with Crippen molar-refractivity contribution in [1.29, 1.82) is 0 Å². The zero-order valence-electron chi connectivity index (χ0n) is 11.8. The first kappa shape index (κ1) is 15.6. The molecule has 0 radical (unpaired) electrons. The second-order valence-electron chi connectivity index (χ2n) is 5.05. The average molecular weight is 384 g/mol. The summed E-state index contributed by atoms with van der Waals surface area (Å²) in [5, 5.41) is 0. The summed E-state index contributed by atoms with van der Waals surface area (Å²) >= 11 is 5.26. The van der Waals surface area contributed by atoms with Crippen molar-refractivity contribution in [3.8, 4) is 0 Å². The third kappa shape index (κ3) is 3.52. The van der Waals surface area contributed by atoms with Gasteiger partial charge in [-0.1, -0.05) is 12.1 Å². The van der Waals surface area contributed by atoms with Gasteiger partial charge in [0.25, 0.3) is 5.56 Å². The molecule has 3 rings (SSSR count). The first-order valence-electron chi connectivity index (χ1n) is 6.97. The fraction of sp³-hybridized carbons (Fsp3) is 0.333. The summed E-state index contributed by atoms with van der Waals surface area (Å²) in [6.07, 6.45) is 1.67. The highest BCUT2D eigenvalue weighted by Crippen LogP contribution is 2.16. The zero-order chi connectivity index (χ0) is 15.5. The molecule has 0 spiro atoms. The molecule has 1 aromatic heterocycles. The Morgan fingerprint density at radius 3 is 2.59 bits per heavy atom. The van der Waals surface area contributed by atoms with Crippen LogP contribution in [-0.4, -0.2) is 34.1 Å². The number of benzene rings is 1. The van der Waals surface area contributed by atoms with Crippen LogP contribution in [0.2, 0.25) is 0 Å². The highest BCUT2D eigenvalue weighted by Gasteiger charge is 2.18. The molecule has 1 fully saturated rings. The molecule has 0 aliphatic carbocycles. The van der Waals surface area contributed by atoms with E-state index in [1.54, 1.807) is 22.9 Å². The number of hydrogen-bond donors (Lipinski definition) is 0. The first-order chi connectivity index (χ1) is 10.6. The number of aromatic nitrogens is 2. The first-order valence-corrected chi connectivity index (χ1v) is 8.92. The second-order valence-corrected chi connectivity index (χ2v) is 7.08. The Kier molecular flexibility index (Phi) is 4.83. The van der Waals surface area contributed by atoms with Gasteiger partial charge in [0, 0.05) is 30.8 Å². The summed E-state index contributed by atoms with van der Waals surface area (Å²) in [5.74, 6) is 2.22. The summed E-state index contributed by atoms with van der Waals surface area (Å²) in [6, 6.07) is 6.18. The van der Waals surface area contributed by atoms with Crippen LogP contribution in [0.15, 0.2) is 39.9 Å². The van der Waals surface area contributed by atoms with Crippen LogP contribution in [0.4, 0.5) is 10.2 Å². The van der Waals surface area contributed by atoms with E-state index in [0.29, 0.717) is 17.0 Å². The van der Waals surface area contributed by atoms with E-state index in [-0.39, 0.29) is 11.4 Å². The molecule has 2 aromatic rings. The van der Waals surface area contributed by atoms with Crippen LogP contribution in [0.3, 0.4) is 0 Å². The minimum Gasteiger partial charge on any atom is -0.350 e. The van der Waals surface area contributed by atoms with E-state index in [2.05, 4.69) is 20.9 Å². The van der Waals surface area contributed by atoms with Gasteiger partial charge in [0.1, 0.15) is 10.4 Å². The van der Waals surface area contributed by atoms with Crippen molar-refractivity contribution in [1.82, 2.24) is 9.55 Å². The van der Waals surface area contributed by atoms with Crippen LogP contribution >= 0.6 is 27.7 Å². The largest absolute Gasteiger partial charge is 0.350 e. The molecule has 1 aliphatic heterocycles. The minimum atomic E-state index is -0.279. The molecule has 0 N–H and O–H groups in total. The quantitative estimate of drug-likeness (QED) is 0.816. The number of halogens is 2. The molecule has 1 aliphatic rings. The van der Waals surface area contributed by atoms with Gasteiger partial charge in [-0.05, 0) is 33.6 Å². The summed E-state index contributed by atoms with van der Waals surface area (Å²) < 4.78 is 15.2. The molecule has 0 unspecified atom stereocenters. The van der Waals surface area contributed by atoms with Crippen molar-refractivity contribution in [2.75, 3.05) is 29.5 Å². The number of hydrogen-bond acceptors (Lipinski definition) is 4. The molecular weight excluding hydrogens is 369 g/mol. The Labute approximate surface area is 140 Å². The molecule has 0 bridgehead atoms. The van der Waals surface area contributed by atoms with Crippen molar-refractivity contribution in [2.24, 2.45) is 0 Å². The van der Waals surface area contributed by atoms with Crippen LogP contribution in [0.5, 0.6) is 0 Å². The van der Waals surface area contributed by atoms with Crippen molar-refractivity contribution in [3.63, 3.8) is 0 Å². The lowest BCUT2D eigenvalue weighted by molar-refractivity contribution is 0.625. The summed E-state index contributed by atoms with van der Waals surface area (Å²) in [7, 11) is 0.